The van der Waals surface area contributed by atoms with Crippen LogP contribution in [0.5, 0.6) is 11.5 Å². The van der Waals surface area contributed by atoms with Crippen LogP contribution >= 0.6 is 11.9 Å². The normalized spacial score (nSPS) is 10.6. The van der Waals surface area contributed by atoms with Gasteiger partial charge in [0, 0.05) is 17.3 Å². The molecule has 0 bridgehead atoms. The molecule has 2 rings (SSSR count). The van der Waals surface area contributed by atoms with Crippen LogP contribution in [0.2, 0.25) is 0 Å². The number of para-hydroxylation sites is 1. The average molecular weight is 318 g/mol. The van der Waals surface area contributed by atoms with E-state index in [0.717, 1.165) is 23.7 Å². The molecule has 22 heavy (non-hydrogen) atoms. The Labute approximate surface area is 131 Å². The molecule has 0 heterocycles. The fourth-order valence-electron chi connectivity index (χ4n) is 1.63. The van der Waals surface area contributed by atoms with Crippen LogP contribution in [0.25, 0.3) is 6.08 Å². The van der Waals surface area contributed by atoms with Gasteiger partial charge in [0.05, 0.1) is 0 Å². The quantitative estimate of drug-likeness (QED) is 0.251. The summed E-state index contributed by atoms with van der Waals surface area (Å²) in [5.74, 6) is -0.978. The number of carbonyl (C=O) groups is 1. The molecule has 0 spiro atoms. The van der Waals surface area contributed by atoms with Gasteiger partial charge in [-0.05, 0) is 42.3 Å². The predicted octanol–water partition coefficient (Wildman–Crippen LogP) is 2.74. The van der Waals surface area contributed by atoms with Crippen molar-refractivity contribution < 1.29 is 20.2 Å². The number of phenols is 2. The van der Waals surface area contributed by atoms with Gasteiger partial charge in [-0.1, -0.05) is 18.2 Å². The summed E-state index contributed by atoms with van der Waals surface area (Å²) in [4.78, 5) is 11.2. The number of phenolic OH excluding ortho intramolecular Hbond substituents is 2. The number of hydrogen-bond donors (Lipinski definition) is 5. The predicted molar refractivity (Wildman–Crippen MR) is 84.7 cm³/mol. The Hall–Kier alpha value is -2.64. The summed E-state index contributed by atoms with van der Waals surface area (Å²) in [5.41, 5.74) is 2.60. The maximum Gasteiger partial charge on any atom is 0.267 e. The zero-order chi connectivity index (χ0) is 15.9. The molecule has 2 aromatic carbocycles. The third-order valence-electron chi connectivity index (χ3n) is 2.71. The second-order valence-electron chi connectivity index (χ2n) is 4.23. The van der Waals surface area contributed by atoms with Crippen LogP contribution in [0.15, 0.2) is 53.4 Å². The standard InChI is InChI=1S/C15H14N2O4S/c18-12-8-6-10(7-9-13(19)16-21)14(20)15(12)22-17-11-4-2-1-3-5-11/h1-9,17-18,20-21H,(H,16,19)/b9-7+. The van der Waals surface area contributed by atoms with Crippen LogP contribution in [0.4, 0.5) is 5.69 Å². The molecule has 6 nitrogen and oxygen atoms in total. The number of aromatic hydroxyl groups is 2. The van der Waals surface area contributed by atoms with E-state index in [1.165, 1.54) is 23.7 Å². The van der Waals surface area contributed by atoms with Crippen LogP contribution in [0, 0.1) is 0 Å². The molecule has 5 N–H and O–H groups in total. The van der Waals surface area contributed by atoms with Gasteiger partial charge in [0.15, 0.2) is 0 Å². The lowest BCUT2D eigenvalue weighted by Gasteiger charge is -2.10. The lowest BCUT2D eigenvalue weighted by molar-refractivity contribution is -0.124. The maximum atomic E-state index is 11.0. The van der Waals surface area contributed by atoms with E-state index in [1.807, 2.05) is 30.3 Å². The molecular formula is C15H14N2O4S. The summed E-state index contributed by atoms with van der Waals surface area (Å²) >= 11 is 1.05. The summed E-state index contributed by atoms with van der Waals surface area (Å²) in [5, 5.41) is 28.4. The highest BCUT2D eigenvalue weighted by atomic mass is 32.2. The highest BCUT2D eigenvalue weighted by Crippen LogP contribution is 2.39. The first kappa shape index (κ1) is 15.7. The van der Waals surface area contributed by atoms with E-state index in [2.05, 4.69) is 4.72 Å². The van der Waals surface area contributed by atoms with E-state index in [0.29, 0.717) is 5.56 Å². The number of hydroxylamine groups is 1. The molecule has 0 fully saturated rings. The molecule has 1 amide bonds. The van der Waals surface area contributed by atoms with Crippen LogP contribution in [-0.2, 0) is 4.79 Å². The minimum Gasteiger partial charge on any atom is -0.507 e. The number of carbonyl (C=O) groups excluding carboxylic acids is 1. The number of nitrogens with one attached hydrogen (secondary N) is 2. The summed E-state index contributed by atoms with van der Waals surface area (Å²) in [7, 11) is 0. The Morgan fingerprint density at radius 1 is 1.09 bits per heavy atom. The van der Waals surface area contributed by atoms with E-state index in [-0.39, 0.29) is 16.4 Å². The van der Waals surface area contributed by atoms with Crippen LogP contribution in [-0.4, -0.2) is 21.3 Å². The number of benzene rings is 2. The lowest BCUT2D eigenvalue weighted by Crippen LogP contribution is -2.14. The average Bonchev–Trinajstić information content (AvgIpc) is 2.54. The molecule has 0 aromatic heterocycles. The molecule has 2 aromatic rings. The van der Waals surface area contributed by atoms with Gasteiger partial charge in [0.25, 0.3) is 5.91 Å². The van der Waals surface area contributed by atoms with E-state index in [1.54, 1.807) is 0 Å². The molecule has 0 saturated heterocycles. The van der Waals surface area contributed by atoms with Crippen molar-refractivity contribution in [3.63, 3.8) is 0 Å². The molecule has 0 atom stereocenters. The van der Waals surface area contributed by atoms with Crippen molar-refractivity contribution in [2.24, 2.45) is 0 Å². The summed E-state index contributed by atoms with van der Waals surface area (Å²) in [6.45, 7) is 0. The molecule has 114 valence electrons. The lowest BCUT2D eigenvalue weighted by atomic mass is 10.1. The van der Waals surface area contributed by atoms with Crippen molar-refractivity contribution in [3.05, 3.63) is 54.1 Å². The first-order chi connectivity index (χ1) is 10.6. The number of hydrogen-bond acceptors (Lipinski definition) is 6. The van der Waals surface area contributed by atoms with Gasteiger partial charge in [0.2, 0.25) is 0 Å². The van der Waals surface area contributed by atoms with Gasteiger partial charge in [-0.2, -0.15) is 0 Å². The summed E-state index contributed by atoms with van der Waals surface area (Å²) in [6, 6.07) is 12.1. The zero-order valence-electron chi connectivity index (χ0n) is 11.4. The van der Waals surface area contributed by atoms with Crippen molar-refractivity contribution >= 4 is 29.6 Å². The Kier molecular flexibility index (Phi) is 5.29. The third kappa shape index (κ3) is 3.94. The van der Waals surface area contributed by atoms with Gasteiger partial charge in [-0.15, -0.1) is 0 Å². The molecular weight excluding hydrogens is 304 g/mol. The molecule has 0 aliphatic rings. The Bertz CT molecular complexity index is 689. The van der Waals surface area contributed by atoms with Crippen molar-refractivity contribution in [1.29, 1.82) is 0 Å². The van der Waals surface area contributed by atoms with Gasteiger partial charge in [0.1, 0.15) is 16.4 Å². The smallest absolute Gasteiger partial charge is 0.267 e. The largest absolute Gasteiger partial charge is 0.507 e. The van der Waals surface area contributed by atoms with E-state index >= 15 is 0 Å². The molecule has 0 aliphatic carbocycles. The maximum absolute atomic E-state index is 11.0. The molecule has 0 aliphatic heterocycles. The van der Waals surface area contributed by atoms with Gasteiger partial charge in [-0.25, -0.2) is 5.48 Å². The first-order valence-electron chi connectivity index (χ1n) is 6.27. The SMILES string of the molecule is O=C(/C=C/c1ccc(O)c(SNc2ccccc2)c1O)NO. The van der Waals surface area contributed by atoms with E-state index < -0.39 is 5.91 Å². The number of rotatable bonds is 5. The van der Waals surface area contributed by atoms with Gasteiger partial charge >= 0.3 is 0 Å². The second-order valence-corrected chi connectivity index (χ2v) is 5.05. The molecule has 0 unspecified atom stereocenters. The highest BCUT2D eigenvalue weighted by molar-refractivity contribution is 8.00. The summed E-state index contributed by atoms with van der Waals surface area (Å²) in [6.07, 6.45) is 2.39. The molecule has 0 saturated carbocycles. The fourth-order valence-corrected chi connectivity index (χ4v) is 2.37. The fraction of sp³-hybridized carbons (Fsp3) is 0. The topological polar surface area (TPSA) is 102 Å². The number of anilines is 1. The van der Waals surface area contributed by atoms with E-state index in [9.17, 15) is 15.0 Å². The van der Waals surface area contributed by atoms with Crippen LogP contribution in [0.3, 0.4) is 0 Å². The highest BCUT2D eigenvalue weighted by Gasteiger charge is 2.12. The number of amides is 1. The van der Waals surface area contributed by atoms with Crippen molar-refractivity contribution in [1.82, 2.24) is 5.48 Å². The Balaban J connectivity index is 2.20. The van der Waals surface area contributed by atoms with Crippen LogP contribution < -0.4 is 10.2 Å². The second kappa shape index (κ2) is 7.39. The first-order valence-corrected chi connectivity index (χ1v) is 7.08. The van der Waals surface area contributed by atoms with Crippen molar-refractivity contribution in [2.75, 3.05) is 4.72 Å². The minimum atomic E-state index is -0.718. The van der Waals surface area contributed by atoms with Crippen molar-refractivity contribution in [3.8, 4) is 11.5 Å². The van der Waals surface area contributed by atoms with E-state index in [4.69, 9.17) is 5.21 Å². The van der Waals surface area contributed by atoms with Crippen LogP contribution in [0.1, 0.15) is 5.56 Å². The van der Waals surface area contributed by atoms with Gasteiger partial charge < -0.3 is 14.9 Å². The van der Waals surface area contributed by atoms with Gasteiger partial charge in [-0.3, -0.25) is 10.0 Å². The zero-order valence-corrected chi connectivity index (χ0v) is 12.2. The third-order valence-corrected chi connectivity index (χ3v) is 3.66. The van der Waals surface area contributed by atoms with Crippen molar-refractivity contribution in [2.45, 2.75) is 4.90 Å². The minimum absolute atomic E-state index is 0.0882. The Morgan fingerprint density at radius 2 is 1.82 bits per heavy atom. The Morgan fingerprint density at radius 3 is 2.50 bits per heavy atom. The monoisotopic (exact) mass is 318 g/mol. The molecule has 7 heteroatoms. The summed E-state index contributed by atoms with van der Waals surface area (Å²) < 4.78 is 3.00. The molecule has 0 radical (unpaired) electrons.